The fraction of sp³-hybridized carbons (Fsp3) is 0.469. The van der Waals surface area contributed by atoms with Gasteiger partial charge in [-0.2, -0.15) is 4.98 Å². The number of ether oxygens (including phenoxy) is 4. The van der Waals surface area contributed by atoms with Crippen molar-refractivity contribution in [2.45, 2.75) is 32.2 Å². The van der Waals surface area contributed by atoms with E-state index < -0.39 is 5.56 Å². The molecule has 0 bridgehead atoms. The zero-order valence-electron chi connectivity index (χ0n) is 25.9. The lowest BCUT2D eigenvalue weighted by Crippen LogP contribution is -2.25. The van der Waals surface area contributed by atoms with Crippen LogP contribution < -0.4 is 27.2 Å². The van der Waals surface area contributed by atoms with Gasteiger partial charge < -0.3 is 40.6 Å². The van der Waals surface area contributed by atoms with Gasteiger partial charge in [-0.1, -0.05) is 11.5 Å². The number of amides is 1. The first-order valence-corrected chi connectivity index (χ1v) is 15.4. The third kappa shape index (κ3) is 12.1. The highest BCUT2D eigenvalue weighted by Crippen LogP contribution is 2.32. The van der Waals surface area contributed by atoms with Gasteiger partial charge in [0.05, 0.1) is 64.7 Å². The summed E-state index contributed by atoms with van der Waals surface area (Å²) in [6.45, 7) is 5.57. The molecule has 1 aliphatic rings. The standard InChI is InChI=1S/C32H42N8O6/c1-2-13-43-15-17-45-19-20-46-18-16-44-14-12-34-27(23-5-6-23)4-3-11-35-30(41)24-7-9-25(10-8-24)36-21-26-22-37-29-28(38-26)31(42)40-32(33)39-29/h1,7-10,22,34,36H,3-6,11-21H2,(H,35,41)(H3,33,37,39,40,42). The van der Waals surface area contributed by atoms with E-state index in [0.717, 1.165) is 37.9 Å². The SMILES string of the molecule is C#CCOCCOCCOCCOCCNC(CCCNC(=O)c1ccc(NCc2cnc3nc(N)[nH]c(=O)c3n2)cc1)=C1CC1. The van der Waals surface area contributed by atoms with Crippen molar-refractivity contribution in [1.82, 2.24) is 30.6 Å². The van der Waals surface area contributed by atoms with Gasteiger partial charge in [0.1, 0.15) is 6.61 Å². The van der Waals surface area contributed by atoms with E-state index in [9.17, 15) is 9.59 Å². The van der Waals surface area contributed by atoms with Crippen LogP contribution in [0.4, 0.5) is 11.6 Å². The number of aromatic amines is 1. The number of nitrogen functional groups attached to an aromatic ring is 1. The molecule has 0 atom stereocenters. The molecule has 0 spiro atoms. The molecule has 246 valence electrons. The molecule has 0 unspecified atom stereocenters. The van der Waals surface area contributed by atoms with Crippen LogP contribution in [0.5, 0.6) is 0 Å². The minimum Gasteiger partial charge on any atom is -0.386 e. The largest absolute Gasteiger partial charge is 0.386 e. The summed E-state index contributed by atoms with van der Waals surface area (Å²) < 4.78 is 21.7. The van der Waals surface area contributed by atoms with Crippen molar-refractivity contribution in [3.05, 3.63) is 63.3 Å². The lowest BCUT2D eigenvalue weighted by Gasteiger charge is -2.12. The third-order valence-electron chi connectivity index (χ3n) is 6.81. The normalized spacial score (nSPS) is 12.1. The highest BCUT2D eigenvalue weighted by molar-refractivity contribution is 5.94. The highest BCUT2D eigenvalue weighted by Gasteiger charge is 2.17. The van der Waals surface area contributed by atoms with Gasteiger partial charge in [-0.15, -0.1) is 6.42 Å². The van der Waals surface area contributed by atoms with Gasteiger partial charge in [-0.25, -0.2) is 9.97 Å². The summed E-state index contributed by atoms with van der Waals surface area (Å²) in [5.41, 5.74) is 10.1. The Kier molecular flexibility index (Phi) is 14.2. The second kappa shape index (κ2) is 19.1. The van der Waals surface area contributed by atoms with Gasteiger partial charge in [-0.05, 0) is 49.9 Å². The van der Waals surface area contributed by atoms with Crippen LogP contribution in [-0.4, -0.2) is 91.8 Å². The molecule has 3 aromatic rings. The predicted octanol–water partition coefficient (Wildman–Crippen LogP) is 1.75. The van der Waals surface area contributed by atoms with Gasteiger partial charge in [0.15, 0.2) is 11.2 Å². The first kappa shape index (κ1) is 34.3. The monoisotopic (exact) mass is 634 g/mol. The summed E-state index contributed by atoms with van der Waals surface area (Å²) in [7, 11) is 0. The number of hydrogen-bond donors (Lipinski definition) is 5. The number of carbonyl (C=O) groups is 1. The second-order valence-corrected chi connectivity index (χ2v) is 10.4. The zero-order valence-corrected chi connectivity index (χ0v) is 25.9. The van der Waals surface area contributed by atoms with Crippen molar-refractivity contribution >= 4 is 28.7 Å². The lowest BCUT2D eigenvalue weighted by molar-refractivity contribution is 0.00184. The van der Waals surface area contributed by atoms with Gasteiger partial charge in [0.2, 0.25) is 5.95 Å². The molecular formula is C32H42N8O6. The van der Waals surface area contributed by atoms with E-state index in [1.54, 1.807) is 12.1 Å². The number of nitrogens with zero attached hydrogens (tertiary/aromatic N) is 3. The highest BCUT2D eigenvalue weighted by atomic mass is 16.6. The average molecular weight is 635 g/mol. The van der Waals surface area contributed by atoms with Crippen LogP contribution >= 0.6 is 0 Å². The van der Waals surface area contributed by atoms with Crippen LogP contribution in [0.1, 0.15) is 41.7 Å². The Bertz CT molecular complexity index is 1530. The number of terminal acetylenes is 1. The average Bonchev–Trinajstić information content (AvgIpc) is 3.91. The Balaban J connectivity index is 1.05. The number of hydrogen-bond acceptors (Lipinski definition) is 12. The maximum absolute atomic E-state index is 12.7. The minimum absolute atomic E-state index is 0.00576. The Morgan fingerprint density at radius 3 is 2.33 bits per heavy atom. The molecule has 1 aliphatic carbocycles. The summed E-state index contributed by atoms with van der Waals surface area (Å²) in [6.07, 6.45) is 10.6. The van der Waals surface area contributed by atoms with E-state index in [4.69, 9.17) is 31.1 Å². The topological polar surface area (TPSA) is 188 Å². The number of allylic oxidation sites excluding steroid dienone is 2. The number of nitrogens with two attached hydrogens (primary N) is 1. The van der Waals surface area contributed by atoms with Crippen LogP contribution in [0.3, 0.4) is 0 Å². The van der Waals surface area contributed by atoms with E-state index in [1.165, 1.54) is 17.5 Å². The number of fused-ring (bicyclic) bond motifs is 1. The lowest BCUT2D eigenvalue weighted by atomic mass is 10.1. The van der Waals surface area contributed by atoms with Crippen molar-refractivity contribution in [2.75, 3.05) is 77.0 Å². The van der Waals surface area contributed by atoms with E-state index in [2.05, 4.69) is 41.8 Å². The Morgan fingerprint density at radius 1 is 0.935 bits per heavy atom. The molecule has 6 N–H and O–H groups in total. The zero-order chi connectivity index (χ0) is 32.4. The number of H-pyrrole nitrogens is 1. The van der Waals surface area contributed by atoms with E-state index in [1.807, 2.05) is 12.1 Å². The molecule has 14 heteroatoms. The Labute approximate surface area is 267 Å². The number of aromatic nitrogens is 4. The number of carbonyl (C=O) groups excluding carboxylic acids is 1. The van der Waals surface area contributed by atoms with Gasteiger partial charge in [-0.3, -0.25) is 14.6 Å². The van der Waals surface area contributed by atoms with Crippen LogP contribution in [-0.2, 0) is 25.5 Å². The molecular weight excluding hydrogens is 592 g/mol. The van der Waals surface area contributed by atoms with Gasteiger partial charge >= 0.3 is 0 Å². The molecule has 1 amide bonds. The van der Waals surface area contributed by atoms with Gasteiger partial charge in [0.25, 0.3) is 11.5 Å². The molecule has 2 aromatic heterocycles. The van der Waals surface area contributed by atoms with Crippen molar-refractivity contribution in [1.29, 1.82) is 0 Å². The second-order valence-electron chi connectivity index (χ2n) is 10.4. The summed E-state index contributed by atoms with van der Waals surface area (Å²) >= 11 is 0. The summed E-state index contributed by atoms with van der Waals surface area (Å²) in [5, 5.41) is 9.72. The molecule has 1 saturated carbocycles. The fourth-order valence-electron chi connectivity index (χ4n) is 4.38. The summed E-state index contributed by atoms with van der Waals surface area (Å²) in [6, 6.07) is 7.17. The Hall–Kier alpha value is -4.55. The maximum Gasteiger partial charge on any atom is 0.280 e. The van der Waals surface area contributed by atoms with Crippen LogP contribution in [0.2, 0.25) is 0 Å². The smallest absolute Gasteiger partial charge is 0.280 e. The number of rotatable bonds is 22. The summed E-state index contributed by atoms with van der Waals surface area (Å²) in [4.78, 5) is 39.6. The van der Waals surface area contributed by atoms with Crippen molar-refractivity contribution in [3.63, 3.8) is 0 Å². The molecule has 0 saturated heterocycles. The van der Waals surface area contributed by atoms with Crippen LogP contribution in [0, 0.1) is 12.3 Å². The van der Waals surface area contributed by atoms with Crippen LogP contribution in [0.15, 0.2) is 46.5 Å². The maximum atomic E-state index is 12.7. The summed E-state index contributed by atoms with van der Waals surface area (Å²) in [5.74, 6) is 2.28. The first-order chi connectivity index (χ1) is 22.5. The number of anilines is 2. The third-order valence-corrected chi connectivity index (χ3v) is 6.81. The quantitative estimate of drug-likeness (QED) is 0.0797. The number of benzene rings is 1. The predicted molar refractivity (Wildman–Crippen MR) is 174 cm³/mol. The van der Waals surface area contributed by atoms with Crippen molar-refractivity contribution < 1.29 is 23.7 Å². The molecule has 1 aromatic carbocycles. The van der Waals surface area contributed by atoms with Crippen molar-refractivity contribution in [3.8, 4) is 12.3 Å². The minimum atomic E-state index is -0.439. The molecule has 0 radical (unpaired) electrons. The molecule has 2 heterocycles. The van der Waals surface area contributed by atoms with Crippen LogP contribution in [0.25, 0.3) is 11.2 Å². The van der Waals surface area contributed by atoms with E-state index in [0.29, 0.717) is 77.2 Å². The number of nitrogens with one attached hydrogen (secondary N) is 4. The Morgan fingerprint density at radius 2 is 1.63 bits per heavy atom. The van der Waals surface area contributed by atoms with E-state index in [-0.39, 0.29) is 23.0 Å². The van der Waals surface area contributed by atoms with Gasteiger partial charge in [0, 0.05) is 30.0 Å². The molecule has 0 aliphatic heterocycles. The van der Waals surface area contributed by atoms with Crippen molar-refractivity contribution in [2.24, 2.45) is 0 Å². The molecule has 14 nitrogen and oxygen atoms in total. The molecule has 4 rings (SSSR count). The van der Waals surface area contributed by atoms with E-state index >= 15 is 0 Å². The fourth-order valence-corrected chi connectivity index (χ4v) is 4.38. The first-order valence-electron chi connectivity index (χ1n) is 15.4. The molecule has 46 heavy (non-hydrogen) atoms. The molecule has 1 fully saturated rings.